The van der Waals surface area contributed by atoms with Gasteiger partial charge < -0.3 is 9.47 Å². The molecule has 0 spiro atoms. The van der Waals surface area contributed by atoms with Gasteiger partial charge in [0.2, 0.25) is 0 Å². The summed E-state index contributed by atoms with van der Waals surface area (Å²) in [5.74, 6) is 1.58. The first-order chi connectivity index (χ1) is 9.63. The van der Waals surface area contributed by atoms with Gasteiger partial charge in [-0.3, -0.25) is 0 Å². The van der Waals surface area contributed by atoms with E-state index in [0.717, 1.165) is 22.6 Å². The zero-order valence-electron chi connectivity index (χ0n) is 11.9. The standard InChI is InChI=1S/C17H17NO2/c1-12-4-6-16(13(2)8-12)20-11-15-9-14(10-18)5-7-17(15)19-3/h4-9H,11H2,1-3H3. The van der Waals surface area contributed by atoms with E-state index in [-0.39, 0.29) is 0 Å². The molecule has 2 rings (SSSR count). The van der Waals surface area contributed by atoms with Crippen LogP contribution in [0.2, 0.25) is 0 Å². The highest BCUT2D eigenvalue weighted by molar-refractivity contribution is 5.42. The lowest BCUT2D eigenvalue weighted by Crippen LogP contribution is -2.00. The second-order valence-electron chi connectivity index (χ2n) is 4.70. The normalized spacial score (nSPS) is 9.90. The Labute approximate surface area is 119 Å². The number of aryl methyl sites for hydroxylation is 2. The summed E-state index contributed by atoms with van der Waals surface area (Å²) in [7, 11) is 1.61. The fraction of sp³-hybridized carbons (Fsp3) is 0.235. The summed E-state index contributed by atoms with van der Waals surface area (Å²) in [5.41, 5.74) is 3.77. The monoisotopic (exact) mass is 267 g/mol. The molecule has 0 aliphatic carbocycles. The van der Waals surface area contributed by atoms with Gasteiger partial charge in [0.1, 0.15) is 18.1 Å². The van der Waals surface area contributed by atoms with Gasteiger partial charge in [0.25, 0.3) is 0 Å². The summed E-state index contributed by atoms with van der Waals surface area (Å²) >= 11 is 0. The molecule has 2 aromatic carbocycles. The molecule has 3 nitrogen and oxygen atoms in total. The van der Waals surface area contributed by atoms with Crippen LogP contribution in [0.3, 0.4) is 0 Å². The molecule has 0 aliphatic rings. The first-order valence-corrected chi connectivity index (χ1v) is 6.41. The van der Waals surface area contributed by atoms with E-state index in [2.05, 4.69) is 19.1 Å². The summed E-state index contributed by atoms with van der Waals surface area (Å²) in [4.78, 5) is 0. The van der Waals surface area contributed by atoms with Gasteiger partial charge in [-0.25, -0.2) is 0 Å². The van der Waals surface area contributed by atoms with Gasteiger partial charge in [-0.2, -0.15) is 5.26 Å². The number of hydrogen-bond donors (Lipinski definition) is 0. The summed E-state index contributed by atoms with van der Waals surface area (Å²) in [5, 5.41) is 8.95. The van der Waals surface area contributed by atoms with E-state index in [1.807, 2.05) is 19.1 Å². The van der Waals surface area contributed by atoms with Gasteiger partial charge >= 0.3 is 0 Å². The van der Waals surface area contributed by atoms with Crippen LogP contribution in [0.15, 0.2) is 36.4 Å². The quantitative estimate of drug-likeness (QED) is 0.847. The first kappa shape index (κ1) is 14.0. The second kappa shape index (κ2) is 6.12. The summed E-state index contributed by atoms with van der Waals surface area (Å²) < 4.78 is 11.1. The van der Waals surface area contributed by atoms with Gasteiger partial charge in [0.15, 0.2) is 0 Å². The van der Waals surface area contributed by atoms with Gasteiger partial charge in [0.05, 0.1) is 18.7 Å². The molecule has 3 heteroatoms. The minimum Gasteiger partial charge on any atom is -0.496 e. The van der Waals surface area contributed by atoms with Crippen molar-refractivity contribution >= 4 is 0 Å². The summed E-state index contributed by atoms with van der Waals surface area (Å²) in [6.07, 6.45) is 0. The molecule has 0 aliphatic heterocycles. The predicted octanol–water partition coefficient (Wildman–Crippen LogP) is 3.76. The first-order valence-electron chi connectivity index (χ1n) is 6.41. The molecule has 20 heavy (non-hydrogen) atoms. The lowest BCUT2D eigenvalue weighted by Gasteiger charge is -2.12. The number of hydrogen-bond acceptors (Lipinski definition) is 3. The van der Waals surface area contributed by atoms with Crippen LogP contribution >= 0.6 is 0 Å². The molecule has 0 fully saturated rings. The van der Waals surface area contributed by atoms with Crippen LogP contribution in [0, 0.1) is 25.2 Å². The van der Waals surface area contributed by atoms with E-state index >= 15 is 0 Å². The SMILES string of the molecule is COc1ccc(C#N)cc1COc1ccc(C)cc1C. The van der Waals surface area contributed by atoms with Crippen LogP contribution in [0.25, 0.3) is 0 Å². The van der Waals surface area contributed by atoms with Crippen molar-refractivity contribution in [1.82, 2.24) is 0 Å². The molecule has 0 N–H and O–H groups in total. The topological polar surface area (TPSA) is 42.2 Å². The molecule has 0 unspecified atom stereocenters. The van der Waals surface area contributed by atoms with Crippen molar-refractivity contribution in [2.45, 2.75) is 20.5 Å². The Bertz CT molecular complexity index is 657. The molecule has 0 saturated heterocycles. The molecule has 0 heterocycles. The Balaban J connectivity index is 2.20. The highest BCUT2D eigenvalue weighted by Crippen LogP contribution is 2.24. The van der Waals surface area contributed by atoms with Gasteiger partial charge in [-0.1, -0.05) is 17.7 Å². The van der Waals surface area contributed by atoms with E-state index in [9.17, 15) is 0 Å². The lowest BCUT2D eigenvalue weighted by atomic mass is 10.1. The fourth-order valence-electron chi connectivity index (χ4n) is 2.08. The number of ether oxygens (including phenoxy) is 2. The van der Waals surface area contributed by atoms with Gasteiger partial charge in [-0.15, -0.1) is 0 Å². The van der Waals surface area contributed by atoms with Crippen LogP contribution in [0.5, 0.6) is 11.5 Å². The Morgan fingerprint density at radius 3 is 2.45 bits per heavy atom. The molecular formula is C17H17NO2. The van der Waals surface area contributed by atoms with Crippen LogP contribution in [-0.2, 0) is 6.61 Å². The molecule has 0 saturated carbocycles. The van der Waals surface area contributed by atoms with Crippen molar-refractivity contribution in [3.8, 4) is 17.6 Å². The minimum atomic E-state index is 0.378. The van der Waals surface area contributed by atoms with Crippen molar-refractivity contribution in [2.75, 3.05) is 7.11 Å². The second-order valence-corrected chi connectivity index (χ2v) is 4.70. The Morgan fingerprint density at radius 1 is 1.05 bits per heavy atom. The Hall–Kier alpha value is -2.47. The third kappa shape index (κ3) is 3.10. The third-order valence-corrected chi connectivity index (χ3v) is 3.12. The minimum absolute atomic E-state index is 0.378. The zero-order valence-corrected chi connectivity index (χ0v) is 11.9. The number of nitrogens with zero attached hydrogens (tertiary/aromatic N) is 1. The molecule has 0 radical (unpaired) electrons. The third-order valence-electron chi connectivity index (χ3n) is 3.12. The molecular weight excluding hydrogens is 250 g/mol. The molecule has 0 aromatic heterocycles. The van der Waals surface area contributed by atoms with E-state index in [1.165, 1.54) is 5.56 Å². The Morgan fingerprint density at radius 2 is 1.80 bits per heavy atom. The molecule has 102 valence electrons. The van der Waals surface area contributed by atoms with Crippen LogP contribution in [-0.4, -0.2) is 7.11 Å². The molecule has 2 aromatic rings. The van der Waals surface area contributed by atoms with Crippen LogP contribution < -0.4 is 9.47 Å². The van der Waals surface area contributed by atoms with Crippen molar-refractivity contribution in [3.63, 3.8) is 0 Å². The number of methoxy groups -OCH3 is 1. The molecule has 0 atom stereocenters. The van der Waals surface area contributed by atoms with Crippen molar-refractivity contribution in [2.24, 2.45) is 0 Å². The average Bonchev–Trinajstić information content (AvgIpc) is 2.46. The van der Waals surface area contributed by atoms with Crippen molar-refractivity contribution < 1.29 is 9.47 Å². The van der Waals surface area contributed by atoms with Crippen molar-refractivity contribution in [3.05, 3.63) is 58.7 Å². The maximum atomic E-state index is 8.95. The van der Waals surface area contributed by atoms with Crippen molar-refractivity contribution in [1.29, 1.82) is 5.26 Å². The maximum absolute atomic E-state index is 8.95. The van der Waals surface area contributed by atoms with Gasteiger partial charge in [-0.05, 0) is 43.7 Å². The lowest BCUT2D eigenvalue weighted by molar-refractivity contribution is 0.294. The van der Waals surface area contributed by atoms with E-state index in [0.29, 0.717) is 12.2 Å². The highest BCUT2D eigenvalue weighted by atomic mass is 16.5. The maximum Gasteiger partial charge on any atom is 0.125 e. The van der Waals surface area contributed by atoms with Crippen LogP contribution in [0.4, 0.5) is 0 Å². The number of nitriles is 1. The summed E-state index contributed by atoms with van der Waals surface area (Å²) in [6.45, 7) is 4.45. The number of benzene rings is 2. The van der Waals surface area contributed by atoms with E-state index in [4.69, 9.17) is 14.7 Å². The van der Waals surface area contributed by atoms with Crippen LogP contribution in [0.1, 0.15) is 22.3 Å². The highest BCUT2D eigenvalue weighted by Gasteiger charge is 2.07. The van der Waals surface area contributed by atoms with E-state index < -0.39 is 0 Å². The zero-order chi connectivity index (χ0) is 14.5. The summed E-state index contributed by atoms with van der Waals surface area (Å²) in [6, 6.07) is 13.5. The Kier molecular flexibility index (Phi) is 4.27. The smallest absolute Gasteiger partial charge is 0.125 e. The van der Waals surface area contributed by atoms with E-state index in [1.54, 1.807) is 25.3 Å². The number of rotatable bonds is 4. The largest absolute Gasteiger partial charge is 0.496 e. The molecule has 0 bridgehead atoms. The fourth-order valence-corrected chi connectivity index (χ4v) is 2.08. The molecule has 0 amide bonds. The average molecular weight is 267 g/mol. The predicted molar refractivity (Wildman–Crippen MR) is 78.0 cm³/mol. The van der Waals surface area contributed by atoms with Gasteiger partial charge in [0, 0.05) is 5.56 Å².